The molecule has 1 heterocycles. The van der Waals surface area contributed by atoms with E-state index in [1.165, 1.54) is 77.8 Å². The molecular weight excluding hydrogens is 258 g/mol. The summed E-state index contributed by atoms with van der Waals surface area (Å²) in [4.78, 5) is 5.40. The fourth-order valence-corrected chi connectivity index (χ4v) is 4.37. The summed E-state index contributed by atoms with van der Waals surface area (Å²) >= 11 is 0. The second-order valence-electron chi connectivity index (χ2n) is 7.03. The van der Waals surface area contributed by atoms with Gasteiger partial charge in [0.2, 0.25) is 0 Å². The molecule has 0 amide bonds. The third-order valence-corrected chi connectivity index (χ3v) is 5.63. The van der Waals surface area contributed by atoms with Crippen molar-refractivity contribution >= 4 is 0 Å². The van der Waals surface area contributed by atoms with Gasteiger partial charge in [-0.3, -0.25) is 4.90 Å². The molecule has 3 nitrogen and oxygen atoms in total. The monoisotopic (exact) mass is 295 g/mol. The molecule has 1 aliphatic carbocycles. The highest BCUT2D eigenvalue weighted by Crippen LogP contribution is 2.27. The molecule has 2 aliphatic rings. The lowest BCUT2D eigenvalue weighted by Crippen LogP contribution is -2.45. The van der Waals surface area contributed by atoms with E-state index in [0.717, 1.165) is 18.0 Å². The number of hydrogen-bond acceptors (Lipinski definition) is 3. The zero-order valence-electron chi connectivity index (χ0n) is 14.6. The first kappa shape index (κ1) is 17.2. The largest absolute Gasteiger partial charge is 0.314 e. The van der Waals surface area contributed by atoms with Crippen molar-refractivity contribution in [2.24, 2.45) is 5.92 Å². The quantitative estimate of drug-likeness (QED) is 0.743. The highest BCUT2D eigenvalue weighted by atomic mass is 15.2. The molecule has 0 spiro atoms. The van der Waals surface area contributed by atoms with E-state index >= 15 is 0 Å². The lowest BCUT2D eigenvalue weighted by Gasteiger charge is -2.35. The minimum atomic E-state index is 0.784. The van der Waals surface area contributed by atoms with Crippen LogP contribution >= 0.6 is 0 Å². The Balaban J connectivity index is 1.80. The molecule has 0 bridgehead atoms. The highest BCUT2D eigenvalue weighted by Gasteiger charge is 2.31. The summed E-state index contributed by atoms with van der Waals surface area (Å²) in [6, 6.07) is 1.59. The number of likely N-dealkylation sites (tertiary alicyclic amines) is 1. The Morgan fingerprint density at radius 3 is 2.52 bits per heavy atom. The molecule has 1 saturated heterocycles. The number of nitrogens with zero attached hydrogens (tertiary/aromatic N) is 2. The summed E-state index contributed by atoms with van der Waals surface area (Å²) in [5.41, 5.74) is 0. The van der Waals surface area contributed by atoms with Gasteiger partial charge in [-0.25, -0.2) is 0 Å². The van der Waals surface area contributed by atoms with Gasteiger partial charge in [-0.2, -0.15) is 0 Å². The predicted octanol–water partition coefficient (Wildman–Crippen LogP) is 2.96. The number of rotatable bonds is 8. The fraction of sp³-hybridized carbons (Fsp3) is 1.00. The molecule has 0 aromatic rings. The standard InChI is InChI=1S/C18H37N3/c1-4-12-19-18-10-8-7-9-16(18)14-20-13-11-17(15-20)21(5-2)6-3/h16-19H,4-15H2,1-3H3. The second-order valence-corrected chi connectivity index (χ2v) is 7.03. The molecule has 1 N–H and O–H groups in total. The lowest BCUT2D eigenvalue weighted by molar-refractivity contribution is 0.169. The third kappa shape index (κ3) is 4.94. The smallest absolute Gasteiger partial charge is 0.0235 e. The van der Waals surface area contributed by atoms with Gasteiger partial charge in [0, 0.05) is 25.2 Å². The van der Waals surface area contributed by atoms with E-state index in [4.69, 9.17) is 0 Å². The van der Waals surface area contributed by atoms with E-state index < -0.39 is 0 Å². The molecule has 1 saturated carbocycles. The molecule has 3 atom stereocenters. The Labute approximate surface area is 132 Å². The van der Waals surface area contributed by atoms with Crippen LogP contribution in [0.5, 0.6) is 0 Å². The molecule has 0 radical (unpaired) electrons. The van der Waals surface area contributed by atoms with Gasteiger partial charge >= 0.3 is 0 Å². The first-order valence-corrected chi connectivity index (χ1v) is 9.48. The summed E-state index contributed by atoms with van der Waals surface area (Å²) in [5, 5.41) is 3.81. The minimum Gasteiger partial charge on any atom is -0.314 e. The molecule has 3 unspecified atom stereocenters. The first-order chi connectivity index (χ1) is 10.3. The van der Waals surface area contributed by atoms with Crippen molar-refractivity contribution < 1.29 is 0 Å². The molecular formula is C18H37N3. The Kier molecular flexibility index (Phi) is 7.48. The zero-order chi connectivity index (χ0) is 15.1. The molecule has 2 rings (SSSR count). The predicted molar refractivity (Wildman–Crippen MR) is 91.8 cm³/mol. The van der Waals surface area contributed by atoms with Crippen LogP contribution < -0.4 is 5.32 Å². The van der Waals surface area contributed by atoms with Gasteiger partial charge in [-0.1, -0.05) is 33.6 Å². The van der Waals surface area contributed by atoms with E-state index in [1.54, 1.807) is 0 Å². The van der Waals surface area contributed by atoms with Crippen molar-refractivity contribution in [1.82, 2.24) is 15.1 Å². The van der Waals surface area contributed by atoms with Gasteiger partial charge in [-0.05, 0) is 57.8 Å². The van der Waals surface area contributed by atoms with Crippen LogP contribution in [0.2, 0.25) is 0 Å². The second kappa shape index (κ2) is 9.12. The van der Waals surface area contributed by atoms with Gasteiger partial charge in [0.1, 0.15) is 0 Å². The van der Waals surface area contributed by atoms with E-state index in [0.29, 0.717) is 0 Å². The fourth-order valence-electron chi connectivity index (χ4n) is 4.37. The number of likely N-dealkylation sites (N-methyl/N-ethyl adjacent to an activating group) is 1. The summed E-state index contributed by atoms with van der Waals surface area (Å²) in [5.74, 6) is 0.890. The van der Waals surface area contributed by atoms with Crippen molar-refractivity contribution in [3.8, 4) is 0 Å². The van der Waals surface area contributed by atoms with E-state index in [1.807, 2.05) is 0 Å². The highest BCUT2D eigenvalue weighted by molar-refractivity contribution is 4.88. The van der Waals surface area contributed by atoms with Crippen molar-refractivity contribution in [3.63, 3.8) is 0 Å². The Morgan fingerprint density at radius 2 is 1.81 bits per heavy atom. The molecule has 1 aliphatic heterocycles. The molecule has 21 heavy (non-hydrogen) atoms. The summed E-state index contributed by atoms with van der Waals surface area (Å²) in [6.45, 7) is 14.5. The van der Waals surface area contributed by atoms with Crippen molar-refractivity contribution in [2.45, 2.75) is 71.4 Å². The Hall–Kier alpha value is -0.120. The maximum Gasteiger partial charge on any atom is 0.0235 e. The number of hydrogen-bond donors (Lipinski definition) is 1. The van der Waals surface area contributed by atoms with E-state index in [2.05, 4.69) is 35.9 Å². The molecule has 124 valence electrons. The van der Waals surface area contributed by atoms with Crippen LogP contribution in [0.25, 0.3) is 0 Å². The molecule has 2 fully saturated rings. The van der Waals surface area contributed by atoms with Gasteiger partial charge in [0.25, 0.3) is 0 Å². The van der Waals surface area contributed by atoms with Crippen LogP contribution in [0.4, 0.5) is 0 Å². The normalized spacial score (nSPS) is 31.1. The van der Waals surface area contributed by atoms with Crippen molar-refractivity contribution in [1.29, 1.82) is 0 Å². The van der Waals surface area contributed by atoms with Crippen molar-refractivity contribution in [3.05, 3.63) is 0 Å². The maximum absolute atomic E-state index is 3.81. The Morgan fingerprint density at radius 1 is 1.05 bits per heavy atom. The van der Waals surface area contributed by atoms with Crippen LogP contribution in [0, 0.1) is 5.92 Å². The van der Waals surface area contributed by atoms with Crippen LogP contribution in [0.3, 0.4) is 0 Å². The van der Waals surface area contributed by atoms with Gasteiger partial charge in [0.15, 0.2) is 0 Å². The average molecular weight is 296 g/mol. The number of nitrogens with one attached hydrogen (secondary N) is 1. The van der Waals surface area contributed by atoms with Crippen LogP contribution in [-0.2, 0) is 0 Å². The Bertz CT molecular complexity index is 278. The third-order valence-electron chi connectivity index (χ3n) is 5.63. The summed E-state index contributed by atoms with van der Waals surface area (Å²) < 4.78 is 0. The van der Waals surface area contributed by atoms with Crippen LogP contribution in [0.15, 0.2) is 0 Å². The van der Waals surface area contributed by atoms with Crippen LogP contribution in [-0.4, -0.2) is 61.2 Å². The van der Waals surface area contributed by atoms with Crippen LogP contribution in [0.1, 0.15) is 59.3 Å². The minimum absolute atomic E-state index is 0.784. The molecule has 0 aromatic heterocycles. The SMILES string of the molecule is CCCNC1CCCCC1CN1CCC(N(CC)CC)C1. The topological polar surface area (TPSA) is 18.5 Å². The molecule has 3 heteroatoms. The zero-order valence-corrected chi connectivity index (χ0v) is 14.6. The van der Waals surface area contributed by atoms with E-state index in [9.17, 15) is 0 Å². The lowest BCUT2D eigenvalue weighted by atomic mass is 9.84. The van der Waals surface area contributed by atoms with Gasteiger partial charge in [-0.15, -0.1) is 0 Å². The van der Waals surface area contributed by atoms with E-state index in [-0.39, 0.29) is 0 Å². The first-order valence-electron chi connectivity index (χ1n) is 9.48. The summed E-state index contributed by atoms with van der Waals surface area (Å²) in [7, 11) is 0. The summed E-state index contributed by atoms with van der Waals surface area (Å²) in [6.07, 6.45) is 8.35. The van der Waals surface area contributed by atoms with Gasteiger partial charge < -0.3 is 10.2 Å². The average Bonchev–Trinajstić information content (AvgIpc) is 2.96. The maximum atomic E-state index is 3.81. The molecule has 0 aromatic carbocycles. The van der Waals surface area contributed by atoms with Crippen molar-refractivity contribution in [2.75, 3.05) is 39.3 Å². The van der Waals surface area contributed by atoms with Gasteiger partial charge in [0.05, 0.1) is 0 Å².